The van der Waals surface area contributed by atoms with Crippen molar-refractivity contribution in [2.75, 3.05) is 17.8 Å². The van der Waals surface area contributed by atoms with E-state index in [-0.39, 0.29) is 12.6 Å². The highest BCUT2D eigenvalue weighted by Crippen LogP contribution is 2.35. The van der Waals surface area contributed by atoms with Gasteiger partial charge in [0.1, 0.15) is 5.82 Å². The van der Waals surface area contributed by atoms with E-state index in [0.29, 0.717) is 17.2 Å². The summed E-state index contributed by atoms with van der Waals surface area (Å²) < 4.78 is 48.3. The Morgan fingerprint density at radius 1 is 1.10 bits per heavy atom. The first-order valence-electron chi connectivity index (χ1n) is 5.80. The van der Waals surface area contributed by atoms with E-state index in [1.165, 1.54) is 0 Å². The smallest absolute Gasteiger partial charge is 0.433 e. The number of benzene rings is 1. The van der Waals surface area contributed by atoms with Gasteiger partial charge in [0.2, 0.25) is 12.7 Å². The first-order chi connectivity index (χ1) is 9.91. The number of nitrogens with two attached hydrogens (primary N) is 1. The molecule has 1 aromatic carbocycles. The van der Waals surface area contributed by atoms with Gasteiger partial charge in [-0.05, 0) is 12.1 Å². The van der Waals surface area contributed by atoms with E-state index in [4.69, 9.17) is 15.2 Å². The number of fused-ring (bicyclic) bond motifs is 1. The van der Waals surface area contributed by atoms with Crippen LogP contribution in [0.15, 0.2) is 24.3 Å². The Morgan fingerprint density at radius 2 is 1.86 bits per heavy atom. The van der Waals surface area contributed by atoms with E-state index in [2.05, 4.69) is 15.3 Å². The van der Waals surface area contributed by atoms with Gasteiger partial charge in [0.05, 0.1) is 0 Å². The Labute approximate surface area is 116 Å². The number of hydrogen-bond donors (Lipinski definition) is 2. The van der Waals surface area contributed by atoms with Gasteiger partial charge in [-0.25, -0.2) is 4.98 Å². The van der Waals surface area contributed by atoms with Crippen LogP contribution in [0.2, 0.25) is 0 Å². The third-order valence-electron chi connectivity index (χ3n) is 2.68. The molecule has 0 radical (unpaired) electrons. The molecule has 0 fully saturated rings. The molecule has 6 nitrogen and oxygen atoms in total. The monoisotopic (exact) mass is 298 g/mol. The highest BCUT2D eigenvalue weighted by Gasteiger charge is 2.33. The number of halogens is 3. The number of nitrogen functional groups attached to an aromatic ring is 1. The summed E-state index contributed by atoms with van der Waals surface area (Å²) in [7, 11) is 0. The summed E-state index contributed by atoms with van der Waals surface area (Å²) >= 11 is 0. The van der Waals surface area contributed by atoms with Gasteiger partial charge in [-0.2, -0.15) is 18.2 Å². The number of anilines is 3. The van der Waals surface area contributed by atoms with Crippen molar-refractivity contribution in [1.29, 1.82) is 0 Å². The van der Waals surface area contributed by atoms with Crippen molar-refractivity contribution in [2.24, 2.45) is 0 Å². The summed E-state index contributed by atoms with van der Waals surface area (Å²) in [4.78, 5) is 6.88. The molecule has 0 saturated heterocycles. The number of rotatable bonds is 2. The maximum atomic E-state index is 12.7. The van der Waals surface area contributed by atoms with E-state index < -0.39 is 17.8 Å². The molecule has 0 bridgehead atoms. The largest absolute Gasteiger partial charge is 0.454 e. The number of nitrogens with one attached hydrogen (secondary N) is 1. The molecule has 0 unspecified atom stereocenters. The van der Waals surface area contributed by atoms with Crippen LogP contribution in [0.3, 0.4) is 0 Å². The SMILES string of the molecule is Nc1nc(Nc2ccc3c(c2)OCO3)cc(C(F)(F)F)n1. The first kappa shape index (κ1) is 13.3. The van der Waals surface area contributed by atoms with Gasteiger partial charge < -0.3 is 20.5 Å². The zero-order chi connectivity index (χ0) is 15.0. The van der Waals surface area contributed by atoms with E-state index in [9.17, 15) is 13.2 Å². The zero-order valence-electron chi connectivity index (χ0n) is 10.4. The topological polar surface area (TPSA) is 82.3 Å². The minimum absolute atomic E-state index is 0.0614. The van der Waals surface area contributed by atoms with Gasteiger partial charge in [0, 0.05) is 17.8 Å². The van der Waals surface area contributed by atoms with Gasteiger partial charge in [0.25, 0.3) is 0 Å². The third kappa shape index (κ3) is 2.76. The fourth-order valence-corrected chi connectivity index (χ4v) is 1.80. The Kier molecular flexibility index (Phi) is 2.96. The quantitative estimate of drug-likeness (QED) is 0.886. The summed E-state index contributed by atoms with van der Waals surface area (Å²) in [6.07, 6.45) is -4.59. The van der Waals surface area contributed by atoms with Crippen molar-refractivity contribution in [2.45, 2.75) is 6.18 Å². The minimum atomic E-state index is -4.59. The lowest BCUT2D eigenvalue weighted by Crippen LogP contribution is -2.12. The molecular weight excluding hydrogens is 289 g/mol. The lowest BCUT2D eigenvalue weighted by Gasteiger charge is -2.10. The molecule has 0 saturated carbocycles. The van der Waals surface area contributed by atoms with Gasteiger partial charge in [-0.15, -0.1) is 0 Å². The first-order valence-corrected chi connectivity index (χ1v) is 5.80. The summed E-state index contributed by atoms with van der Waals surface area (Å²) in [6, 6.07) is 5.63. The number of hydrogen-bond acceptors (Lipinski definition) is 6. The summed E-state index contributed by atoms with van der Waals surface area (Å²) in [5.74, 6) is 0.540. The summed E-state index contributed by atoms with van der Waals surface area (Å²) in [5.41, 5.74) is 4.67. The summed E-state index contributed by atoms with van der Waals surface area (Å²) in [5, 5.41) is 2.72. The Bertz CT molecular complexity index is 691. The maximum absolute atomic E-state index is 12.7. The van der Waals surface area contributed by atoms with Crippen molar-refractivity contribution in [1.82, 2.24) is 9.97 Å². The fourth-order valence-electron chi connectivity index (χ4n) is 1.80. The molecule has 0 spiro atoms. The van der Waals surface area contributed by atoms with Crippen molar-refractivity contribution >= 4 is 17.5 Å². The number of alkyl halides is 3. The van der Waals surface area contributed by atoms with Gasteiger partial charge in [0.15, 0.2) is 17.2 Å². The number of nitrogens with zero attached hydrogens (tertiary/aromatic N) is 2. The van der Waals surface area contributed by atoms with Crippen LogP contribution >= 0.6 is 0 Å². The molecule has 1 aromatic heterocycles. The predicted octanol–water partition coefficient (Wildman–Crippen LogP) is 2.55. The molecule has 2 heterocycles. The van der Waals surface area contributed by atoms with Crippen LogP contribution < -0.4 is 20.5 Å². The van der Waals surface area contributed by atoms with Crippen LogP contribution in [-0.4, -0.2) is 16.8 Å². The van der Waals surface area contributed by atoms with Crippen LogP contribution in [0.1, 0.15) is 5.69 Å². The molecule has 21 heavy (non-hydrogen) atoms. The normalized spacial score (nSPS) is 13.3. The Hall–Kier alpha value is -2.71. The summed E-state index contributed by atoms with van der Waals surface area (Å²) in [6.45, 7) is 0.109. The second-order valence-corrected chi connectivity index (χ2v) is 4.19. The average Bonchev–Trinajstić information content (AvgIpc) is 2.84. The van der Waals surface area contributed by atoms with E-state index in [1.807, 2.05) is 0 Å². The van der Waals surface area contributed by atoms with Crippen LogP contribution in [0.25, 0.3) is 0 Å². The van der Waals surface area contributed by atoms with Crippen LogP contribution in [-0.2, 0) is 6.18 Å². The lowest BCUT2D eigenvalue weighted by atomic mass is 10.2. The molecule has 1 aliphatic rings. The molecule has 0 aliphatic carbocycles. The second-order valence-electron chi connectivity index (χ2n) is 4.19. The van der Waals surface area contributed by atoms with Crippen molar-refractivity contribution in [3.63, 3.8) is 0 Å². The van der Waals surface area contributed by atoms with E-state index in [1.54, 1.807) is 18.2 Å². The van der Waals surface area contributed by atoms with Gasteiger partial charge >= 0.3 is 6.18 Å². The average molecular weight is 298 g/mol. The minimum Gasteiger partial charge on any atom is -0.454 e. The maximum Gasteiger partial charge on any atom is 0.433 e. The van der Waals surface area contributed by atoms with Gasteiger partial charge in [-0.1, -0.05) is 0 Å². The molecule has 3 rings (SSSR count). The van der Waals surface area contributed by atoms with Crippen LogP contribution in [0, 0.1) is 0 Å². The lowest BCUT2D eigenvalue weighted by molar-refractivity contribution is -0.141. The fraction of sp³-hybridized carbons (Fsp3) is 0.167. The molecule has 0 atom stereocenters. The molecule has 1 aliphatic heterocycles. The molecule has 3 N–H and O–H groups in total. The zero-order valence-corrected chi connectivity index (χ0v) is 10.4. The predicted molar refractivity (Wildman–Crippen MR) is 67.3 cm³/mol. The molecular formula is C12H9F3N4O2. The Balaban J connectivity index is 1.89. The van der Waals surface area contributed by atoms with Crippen molar-refractivity contribution < 1.29 is 22.6 Å². The second kappa shape index (κ2) is 4.69. The third-order valence-corrected chi connectivity index (χ3v) is 2.68. The number of ether oxygens (including phenoxy) is 2. The standard InChI is InChI=1S/C12H9F3N4O2/c13-12(14,15)9-4-10(19-11(16)18-9)17-6-1-2-7-8(3-6)21-5-20-7/h1-4H,5H2,(H3,16,17,18,19). The van der Waals surface area contributed by atoms with Crippen molar-refractivity contribution in [3.8, 4) is 11.5 Å². The molecule has 2 aromatic rings. The van der Waals surface area contributed by atoms with Crippen LogP contribution in [0.4, 0.5) is 30.6 Å². The number of aromatic nitrogens is 2. The highest BCUT2D eigenvalue weighted by molar-refractivity contribution is 5.62. The highest BCUT2D eigenvalue weighted by atomic mass is 19.4. The van der Waals surface area contributed by atoms with E-state index >= 15 is 0 Å². The van der Waals surface area contributed by atoms with Crippen LogP contribution in [0.5, 0.6) is 11.5 Å². The molecule has 9 heteroatoms. The molecule has 110 valence electrons. The Morgan fingerprint density at radius 3 is 2.62 bits per heavy atom. The van der Waals surface area contributed by atoms with Gasteiger partial charge in [-0.3, -0.25) is 0 Å². The molecule has 0 amide bonds. The van der Waals surface area contributed by atoms with E-state index in [0.717, 1.165) is 6.07 Å². The van der Waals surface area contributed by atoms with Crippen molar-refractivity contribution in [3.05, 3.63) is 30.0 Å².